The van der Waals surface area contributed by atoms with Crippen LogP contribution in [0, 0.1) is 0 Å². The van der Waals surface area contributed by atoms with Gasteiger partial charge in [-0.05, 0) is 48.3 Å². The normalized spacial score (nSPS) is 24.1. The van der Waals surface area contributed by atoms with Gasteiger partial charge in [0.05, 0.1) is 0 Å². The molecule has 106 valence electrons. The van der Waals surface area contributed by atoms with E-state index in [1.54, 1.807) is 0 Å². The number of imidazole rings is 1. The molecule has 0 amide bonds. The van der Waals surface area contributed by atoms with Crippen LogP contribution in [0.5, 0.6) is 0 Å². The lowest BCUT2D eigenvalue weighted by Gasteiger charge is -2.31. The molecular weight excluding hydrogens is 314 g/mol. The summed E-state index contributed by atoms with van der Waals surface area (Å²) < 4.78 is 8.39. The molecule has 7 heteroatoms. The largest absolute Gasteiger partial charge is 0.480 e. The van der Waals surface area contributed by atoms with Crippen molar-refractivity contribution in [3.8, 4) is 0 Å². The summed E-state index contributed by atoms with van der Waals surface area (Å²) in [4.78, 5) is 15.3. The average molecular weight is 332 g/mol. The lowest BCUT2D eigenvalue weighted by atomic mass is 9.93. The van der Waals surface area contributed by atoms with Gasteiger partial charge in [0.1, 0.15) is 22.6 Å². The fraction of sp³-hybridized carbons (Fsp3) is 0.667. The van der Waals surface area contributed by atoms with E-state index in [1.807, 2.05) is 17.8 Å². The number of ether oxygens (including phenoxy) is 1. The standard InChI is InChI=1S/C12H18BrN3O3/c1-16-7-9(13)15-11(16)12(19-8-10(17)18)3-2-5-14-6-4-12/h7,14H,2-6,8H2,1H3,(H,17,18). The maximum atomic E-state index is 10.8. The quantitative estimate of drug-likeness (QED) is 0.868. The van der Waals surface area contributed by atoms with E-state index in [2.05, 4.69) is 26.2 Å². The van der Waals surface area contributed by atoms with Gasteiger partial charge in [-0.25, -0.2) is 9.78 Å². The van der Waals surface area contributed by atoms with Crippen molar-refractivity contribution in [2.45, 2.75) is 24.9 Å². The van der Waals surface area contributed by atoms with Crippen LogP contribution in [0.25, 0.3) is 0 Å². The molecule has 6 nitrogen and oxygen atoms in total. The monoisotopic (exact) mass is 331 g/mol. The molecule has 1 saturated heterocycles. The van der Waals surface area contributed by atoms with Gasteiger partial charge >= 0.3 is 5.97 Å². The number of aliphatic carboxylic acids is 1. The highest BCUT2D eigenvalue weighted by atomic mass is 79.9. The molecule has 1 aliphatic heterocycles. The molecule has 1 aromatic heterocycles. The Bertz CT molecular complexity index is 453. The first kappa shape index (κ1) is 14.5. The first-order chi connectivity index (χ1) is 9.03. The van der Waals surface area contributed by atoms with Crippen molar-refractivity contribution < 1.29 is 14.6 Å². The number of halogens is 1. The fourth-order valence-electron chi connectivity index (χ4n) is 2.52. The van der Waals surface area contributed by atoms with Gasteiger partial charge in [0.25, 0.3) is 0 Å². The molecule has 0 spiro atoms. The van der Waals surface area contributed by atoms with Crippen LogP contribution in [0.15, 0.2) is 10.8 Å². The predicted molar refractivity (Wildman–Crippen MR) is 72.9 cm³/mol. The summed E-state index contributed by atoms with van der Waals surface area (Å²) in [5.74, 6) is -0.172. The highest BCUT2D eigenvalue weighted by Crippen LogP contribution is 2.35. The van der Waals surface area contributed by atoms with Crippen LogP contribution < -0.4 is 5.32 Å². The molecule has 19 heavy (non-hydrogen) atoms. The minimum atomic E-state index is -0.954. The topological polar surface area (TPSA) is 76.4 Å². The van der Waals surface area contributed by atoms with Crippen LogP contribution in [0.2, 0.25) is 0 Å². The third-order valence-electron chi connectivity index (χ3n) is 3.37. The van der Waals surface area contributed by atoms with Crippen LogP contribution in [0.3, 0.4) is 0 Å². The lowest BCUT2D eigenvalue weighted by Crippen LogP contribution is -2.35. The number of aryl methyl sites for hydroxylation is 1. The number of carbonyl (C=O) groups is 1. The first-order valence-electron chi connectivity index (χ1n) is 6.29. The number of aromatic nitrogens is 2. The molecule has 0 bridgehead atoms. The second-order valence-electron chi connectivity index (χ2n) is 4.78. The Kier molecular flexibility index (Phi) is 4.59. The molecule has 0 radical (unpaired) electrons. The summed E-state index contributed by atoms with van der Waals surface area (Å²) in [6, 6.07) is 0. The molecule has 1 unspecified atom stereocenters. The highest BCUT2D eigenvalue weighted by molar-refractivity contribution is 9.10. The van der Waals surface area contributed by atoms with Gasteiger partial charge in [0.2, 0.25) is 0 Å². The summed E-state index contributed by atoms with van der Waals surface area (Å²) >= 11 is 3.35. The zero-order chi connectivity index (χ0) is 13.9. The van der Waals surface area contributed by atoms with Crippen molar-refractivity contribution in [2.75, 3.05) is 19.7 Å². The van der Waals surface area contributed by atoms with Gasteiger partial charge < -0.3 is 19.7 Å². The van der Waals surface area contributed by atoms with Gasteiger partial charge in [-0.1, -0.05) is 0 Å². The van der Waals surface area contributed by atoms with Crippen LogP contribution in [-0.2, 0) is 22.2 Å². The number of hydrogen-bond acceptors (Lipinski definition) is 4. The smallest absolute Gasteiger partial charge is 0.329 e. The Hall–Kier alpha value is -0.920. The number of nitrogens with zero attached hydrogens (tertiary/aromatic N) is 2. The number of carboxylic acid groups (broad SMARTS) is 1. The van der Waals surface area contributed by atoms with Crippen molar-refractivity contribution in [1.82, 2.24) is 14.9 Å². The Morgan fingerprint density at radius 3 is 3.05 bits per heavy atom. The zero-order valence-electron chi connectivity index (χ0n) is 10.9. The van der Waals surface area contributed by atoms with Crippen LogP contribution in [0.4, 0.5) is 0 Å². The summed E-state index contributed by atoms with van der Waals surface area (Å²) in [7, 11) is 1.90. The van der Waals surface area contributed by atoms with E-state index < -0.39 is 11.6 Å². The average Bonchev–Trinajstić information content (AvgIpc) is 2.58. The minimum absolute atomic E-state index is 0.301. The van der Waals surface area contributed by atoms with Gasteiger partial charge in [0, 0.05) is 13.2 Å². The maximum absolute atomic E-state index is 10.8. The van der Waals surface area contributed by atoms with Crippen molar-refractivity contribution >= 4 is 21.9 Å². The Labute approximate surface area is 120 Å². The number of nitrogens with one attached hydrogen (secondary N) is 1. The summed E-state index contributed by atoms with van der Waals surface area (Å²) in [5, 5.41) is 12.2. The van der Waals surface area contributed by atoms with Crippen molar-refractivity contribution in [3.05, 3.63) is 16.6 Å². The molecule has 1 fully saturated rings. The van der Waals surface area contributed by atoms with Crippen LogP contribution in [-0.4, -0.2) is 40.3 Å². The minimum Gasteiger partial charge on any atom is -0.480 e. The first-order valence-corrected chi connectivity index (χ1v) is 7.09. The van der Waals surface area contributed by atoms with E-state index in [1.165, 1.54) is 0 Å². The molecule has 1 atom stereocenters. The van der Waals surface area contributed by atoms with Crippen molar-refractivity contribution in [3.63, 3.8) is 0 Å². The molecule has 2 rings (SSSR count). The predicted octanol–water partition coefficient (Wildman–Crippen LogP) is 1.25. The van der Waals surface area contributed by atoms with E-state index >= 15 is 0 Å². The molecule has 0 aromatic carbocycles. The van der Waals surface area contributed by atoms with Crippen molar-refractivity contribution in [2.24, 2.45) is 7.05 Å². The highest BCUT2D eigenvalue weighted by Gasteiger charge is 2.38. The second-order valence-corrected chi connectivity index (χ2v) is 5.59. The van der Waals surface area contributed by atoms with E-state index in [9.17, 15) is 4.79 Å². The van der Waals surface area contributed by atoms with E-state index in [4.69, 9.17) is 9.84 Å². The second kappa shape index (κ2) is 6.02. The third kappa shape index (κ3) is 3.34. The molecule has 1 aromatic rings. The third-order valence-corrected chi connectivity index (χ3v) is 3.75. The van der Waals surface area contributed by atoms with Gasteiger partial charge in [0.15, 0.2) is 0 Å². The fourth-order valence-corrected chi connectivity index (χ4v) is 3.00. The summed E-state index contributed by atoms with van der Waals surface area (Å²) in [6.45, 7) is 1.42. The van der Waals surface area contributed by atoms with E-state index in [0.717, 1.165) is 42.8 Å². The molecule has 0 aliphatic carbocycles. The van der Waals surface area contributed by atoms with E-state index in [-0.39, 0.29) is 6.61 Å². The van der Waals surface area contributed by atoms with Gasteiger partial charge in [-0.15, -0.1) is 0 Å². The summed E-state index contributed by atoms with van der Waals surface area (Å²) in [6.07, 6.45) is 4.28. The number of rotatable bonds is 4. The van der Waals surface area contributed by atoms with E-state index in [0.29, 0.717) is 0 Å². The van der Waals surface area contributed by atoms with Crippen LogP contribution >= 0.6 is 15.9 Å². The SMILES string of the molecule is Cn1cc(Br)nc1C1(OCC(=O)O)CCCNCC1. The zero-order valence-corrected chi connectivity index (χ0v) is 12.4. The Balaban J connectivity index is 2.31. The lowest BCUT2D eigenvalue weighted by molar-refractivity contribution is -0.152. The van der Waals surface area contributed by atoms with Gasteiger partial charge in [-0.3, -0.25) is 0 Å². The van der Waals surface area contributed by atoms with Crippen molar-refractivity contribution in [1.29, 1.82) is 0 Å². The van der Waals surface area contributed by atoms with Gasteiger partial charge in [-0.2, -0.15) is 0 Å². The number of hydrogen-bond donors (Lipinski definition) is 2. The Morgan fingerprint density at radius 2 is 2.42 bits per heavy atom. The molecule has 0 saturated carbocycles. The van der Waals surface area contributed by atoms with Crippen LogP contribution in [0.1, 0.15) is 25.1 Å². The molecule has 1 aliphatic rings. The molecule has 2 heterocycles. The summed E-state index contributed by atoms with van der Waals surface area (Å²) in [5.41, 5.74) is -0.622. The maximum Gasteiger partial charge on any atom is 0.329 e. The Morgan fingerprint density at radius 1 is 1.63 bits per heavy atom. The number of carboxylic acids is 1. The molecular formula is C12H18BrN3O3. The molecule has 2 N–H and O–H groups in total.